The third kappa shape index (κ3) is 3.45. The Bertz CT molecular complexity index is 205. The molecule has 3 N–H and O–H groups in total. The summed E-state index contributed by atoms with van der Waals surface area (Å²) in [5.74, 6) is 8.74. The normalized spacial score (nSPS) is 33.2. The van der Waals surface area contributed by atoms with Crippen LogP contribution >= 0.6 is 0 Å². The summed E-state index contributed by atoms with van der Waals surface area (Å²) in [5.41, 5.74) is 3.11. The fraction of sp³-hybridized carbons (Fsp3) is 1.00. The van der Waals surface area contributed by atoms with Crippen LogP contribution in [0.2, 0.25) is 0 Å². The monoisotopic (exact) mass is 238 g/mol. The van der Waals surface area contributed by atoms with Gasteiger partial charge in [0.2, 0.25) is 0 Å². The van der Waals surface area contributed by atoms with Gasteiger partial charge in [0.25, 0.3) is 0 Å². The Balaban J connectivity index is 1.63. The molecule has 0 aromatic carbocycles. The number of nitrogens with one attached hydrogen (secondary N) is 1. The Hall–Kier alpha value is -0.0800. The van der Waals surface area contributed by atoms with E-state index in [-0.39, 0.29) is 0 Å². The van der Waals surface area contributed by atoms with Crippen LogP contribution < -0.4 is 11.3 Å². The third-order valence-electron chi connectivity index (χ3n) is 5.02. The third-order valence-corrected chi connectivity index (χ3v) is 5.02. The van der Waals surface area contributed by atoms with Gasteiger partial charge in [-0.15, -0.1) is 0 Å². The fourth-order valence-electron chi connectivity index (χ4n) is 4.00. The summed E-state index contributed by atoms with van der Waals surface area (Å²) in [4.78, 5) is 0. The number of hydrazine groups is 1. The first kappa shape index (κ1) is 13.4. The summed E-state index contributed by atoms with van der Waals surface area (Å²) in [6, 6.07) is 0.615. The predicted octanol–water partition coefficient (Wildman–Crippen LogP) is 3.62. The van der Waals surface area contributed by atoms with Crippen LogP contribution in [0.4, 0.5) is 0 Å². The second kappa shape index (κ2) is 6.75. The van der Waals surface area contributed by atoms with Crippen LogP contribution in [0.3, 0.4) is 0 Å². The van der Waals surface area contributed by atoms with E-state index >= 15 is 0 Å². The summed E-state index contributed by atoms with van der Waals surface area (Å²) < 4.78 is 0. The number of unbranched alkanes of at least 4 members (excludes halogenated alkanes) is 4. The smallest absolute Gasteiger partial charge is 0.0244 e. The van der Waals surface area contributed by atoms with Crippen molar-refractivity contribution in [3.8, 4) is 0 Å². The highest BCUT2D eigenvalue weighted by Crippen LogP contribution is 2.57. The number of fused-ring (bicyclic) bond motifs is 1. The van der Waals surface area contributed by atoms with E-state index in [0.29, 0.717) is 6.04 Å². The summed E-state index contributed by atoms with van der Waals surface area (Å²) >= 11 is 0. The fourth-order valence-corrected chi connectivity index (χ4v) is 4.00. The molecule has 0 amide bonds. The Kier molecular flexibility index (Phi) is 5.30. The lowest BCUT2D eigenvalue weighted by atomic mass is 10.0. The largest absolute Gasteiger partial charge is 0.271 e. The van der Waals surface area contributed by atoms with Crippen LogP contribution in [0.1, 0.15) is 71.1 Å². The van der Waals surface area contributed by atoms with Crippen molar-refractivity contribution in [2.75, 3.05) is 0 Å². The molecule has 0 heterocycles. The van der Waals surface area contributed by atoms with Crippen LogP contribution in [0, 0.1) is 17.8 Å². The summed E-state index contributed by atoms with van der Waals surface area (Å²) in [7, 11) is 0. The highest BCUT2D eigenvalue weighted by molar-refractivity contribution is 5.03. The Labute approximate surface area is 107 Å². The molecule has 2 fully saturated rings. The van der Waals surface area contributed by atoms with Gasteiger partial charge in [-0.1, -0.05) is 51.9 Å². The van der Waals surface area contributed by atoms with Crippen molar-refractivity contribution in [3.63, 3.8) is 0 Å². The molecular formula is C15H30N2. The van der Waals surface area contributed by atoms with E-state index in [9.17, 15) is 0 Å². The molecule has 2 saturated carbocycles. The van der Waals surface area contributed by atoms with Gasteiger partial charge in [-0.3, -0.25) is 11.3 Å². The average molecular weight is 238 g/mol. The van der Waals surface area contributed by atoms with Crippen molar-refractivity contribution in [2.45, 2.75) is 77.2 Å². The zero-order valence-corrected chi connectivity index (χ0v) is 11.5. The molecule has 0 aromatic heterocycles. The lowest BCUT2D eigenvalue weighted by molar-refractivity contribution is 0.396. The van der Waals surface area contributed by atoms with Crippen LogP contribution in [0.25, 0.3) is 0 Å². The van der Waals surface area contributed by atoms with Gasteiger partial charge in [0.05, 0.1) is 0 Å². The van der Waals surface area contributed by atoms with Crippen LogP contribution in [0.5, 0.6) is 0 Å². The van der Waals surface area contributed by atoms with Gasteiger partial charge < -0.3 is 0 Å². The number of nitrogens with two attached hydrogens (primary N) is 1. The second-order valence-corrected chi connectivity index (χ2v) is 6.17. The van der Waals surface area contributed by atoms with Crippen molar-refractivity contribution in [3.05, 3.63) is 0 Å². The molecule has 2 aliphatic rings. The molecule has 100 valence electrons. The molecule has 2 rings (SSSR count). The SMILES string of the molecule is CCCCCCCC(NN)C1C2CCCCC21. The van der Waals surface area contributed by atoms with Gasteiger partial charge in [-0.05, 0) is 37.0 Å². The molecule has 0 spiro atoms. The van der Waals surface area contributed by atoms with E-state index in [1.165, 1.54) is 64.2 Å². The standard InChI is InChI=1S/C15H30N2/c1-2-3-4-5-6-11-14(17-16)15-12-9-7-8-10-13(12)15/h12-15,17H,2-11,16H2,1H3. The number of rotatable bonds is 8. The maximum Gasteiger partial charge on any atom is 0.0244 e. The Morgan fingerprint density at radius 3 is 2.29 bits per heavy atom. The van der Waals surface area contributed by atoms with E-state index in [4.69, 9.17) is 5.84 Å². The van der Waals surface area contributed by atoms with Crippen molar-refractivity contribution >= 4 is 0 Å². The molecule has 0 aromatic rings. The molecule has 2 heteroatoms. The lowest BCUT2D eigenvalue weighted by Crippen LogP contribution is -2.37. The Morgan fingerprint density at radius 2 is 1.71 bits per heavy atom. The van der Waals surface area contributed by atoms with Crippen molar-refractivity contribution in [2.24, 2.45) is 23.6 Å². The van der Waals surface area contributed by atoms with Crippen LogP contribution in [0.15, 0.2) is 0 Å². The zero-order chi connectivity index (χ0) is 12.1. The van der Waals surface area contributed by atoms with Crippen LogP contribution in [-0.2, 0) is 0 Å². The van der Waals surface area contributed by atoms with Gasteiger partial charge in [-0.2, -0.15) is 0 Å². The molecule has 17 heavy (non-hydrogen) atoms. The maximum atomic E-state index is 5.76. The van der Waals surface area contributed by atoms with E-state index in [0.717, 1.165) is 17.8 Å². The molecule has 0 aliphatic heterocycles. The predicted molar refractivity (Wildman–Crippen MR) is 73.4 cm³/mol. The van der Waals surface area contributed by atoms with Gasteiger partial charge in [0.15, 0.2) is 0 Å². The summed E-state index contributed by atoms with van der Waals surface area (Å²) in [5, 5.41) is 0. The maximum absolute atomic E-state index is 5.76. The molecule has 3 unspecified atom stereocenters. The van der Waals surface area contributed by atoms with Crippen LogP contribution in [-0.4, -0.2) is 6.04 Å². The summed E-state index contributed by atoms with van der Waals surface area (Å²) in [6.07, 6.45) is 14.1. The summed E-state index contributed by atoms with van der Waals surface area (Å²) in [6.45, 7) is 2.28. The molecular weight excluding hydrogens is 208 g/mol. The minimum absolute atomic E-state index is 0.615. The highest BCUT2D eigenvalue weighted by Gasteiger charge is 2.53. The molecule has 0 bridgehead atoms. The van der Waals surface area contributed by atoms with E-state index in [1.807, 2.05) is 0 Å². The molecule has 0 radical (unpaired) electrons. The average Bonchev–Trinajstić information content (AvgIpc) is 3.08. The number of hydrogen-bond acceptors (Lipinski definition) is 2. The quantitative estimate of drug-likeness (QED) is 0.385. The first-order valence-electron chi connectivity index (χ1n) is 7.84. The second-order valence-electron chi connectivity index (χ2n) is 6.17. The van der Waals surface area contributed by atoms with Gasteiger partial charge >= 0.3 is 0 Å². The lowest BCUT2D eigenvalue weighted by Gasteiger charge is -2.16. The topological polar surface area (TPSA) is 38.0 Å². The minimum Gasteiger partial charge on any atom is -0.271 e. The minimum atomic E-state index is 0.615. The van der Waals surface area contributed by atoms with E-state index < -0.39 is 0 Å². The van der Waals surface area contributed by atoms with E-state index in [1.54, 1.807) is 0 Å². The molecule has 3 atom stereocenters. The van der Waals surface area contributed by atoms with E-state index in [2.05, 4.69) is 12.3 Å². The first-order valence-corrected chi connectivity index (χ1v) is 7.84. The highest BCUT2D eigenvalue weighted by atomic mass is 15.2. The van der Waals surface area contributed by atoms with Crippen molar-refractivity contribution in [1.82, 2.24) is 5.43 Å². The van der Waals surface area contributed by atoms with Crippen molar-refractivity contribution in [1.29, 1.82) is 0 Å². The number of hydrogen-bond donors (Lipinski definition) is 2. The molecule has 2 aliphatic carbocycles. The van der Waals surface area contributed by atoms with Crippen molar-refractivity contribution < 1.29 is 0 Å². The first-order chi connectivity index (χ1) is 8.38. The van der Waals surface area contributed by atoms with Gasteiger partial charge in [-0.25, -0.2) is 0 Å². The molecule has 0 saturated heterocycles. The zero-order valence-electron chi connectivity index (χ0n) is 11.5. The molecule has 2 nitrogen and oxygen atoms in total. The Morgan fingerprint density at radius 1 is 1.06 bits per heavy atom. The van der Waals surface area contributed by atoms with Gasteiger partial charge in [0, 0.05) is 6.04 Å². The van der Waals surface area contributed by atoms with Gasteiger partial charge in [0.1, 0.15) is 0 Å².